The highest BCUT2D eigenvalue weighted by molar-refractivity contribution is 5.87. The Bertz CT molecular complexity index is 198. The molecule has 1 rings (SSSR count). The van der Waals surface area contributed by atoms with Crippen molar-refractivity contribution in [2.75, 3.05) is 0 Å². The minimum absolute atomic E-state index is 0.0329. The van der Waals surface area contributed by atoms with E-state index in [9.17, 15) is 4.79 Å². The molecule has 1 aliphatic carbocycles. The van der Waals surface area contributed by atoms with Gasteiger partial charge >= 0.3 is 0 Å². The first-order valence-electron chi connectivity index (χ1n) is 4.45. The van der Waals surface area contributed by atoms with E-state index in [-0.39, 0.29) is 5.91 Å². The van der Waals surface area contributed by atoms with Gasteiger partial charge in [0.25, 0.3) is 0 Å². The molecule has 0 aromatic carbocycles. The molecular formula is C10H15NO. The third kappa shape index (κ3) is 2.91. The van der Waals surface area contributed by atoms with Gasteiger partial charge in [0.2, 0.25) is 5.91 Å². The van der Waals surface area contributed by atoms with E-state index in [0.29, 0.717) is 6.04 Å². The van der Waals surface area contributed by atoms with Gasteiger partial charge in [0.05, 0.1) is 0 Å². The van der Waals surface area contributed by atoms with Crippen molar-refractivity contribution in [3.63, 3.8) is 0 Å². The van der Waals surface area contributed by atoms with Crippen molar-refractivity contribution in [2.24, 2.45) is 0 Å². The van der Waals surface area contributed by atoms with Gasteiger partial charge in [-0.05, 0) is 25.3 Å². The Kier molecular flexibility index (Phi) is 3.58. The highest BCUT2D eigenvalue weighted by Gasteiger charge is 2.10. The number of allylic oxidation sites excluding steroid dienone is 1. The highest BCUT2D eigenvalue weighted by Crippen LogP contribution is 2.08. The second-order valence-corrected chi connectivity index (χ2v) is 2.96. The topological polar surface area (TPSA) is 29.1 Å². The van der Waals surface area contributed by atoms with Gasteiger partial charge in [-0.2, -0.15) is 0 Å². The van der Waals surface area contributed by atoms with E-state index in [1.165, 1.54) is 0 Å². The van der Waals surface area contributed by atoms with Crippen molar-refractivity contribution in [3.8, 4) is 0 Å². The normalized spacial score (nSPS) is 17.4. The molecule has 1 aliphatic rings. The molecule has 2 heteroatoms. The molecule has 0 unspecified atom stereocenters. The highest BCUT2D eigenvalue weighted by atomic mass is 16.1. The number of carbonyl (C=O) groups excluding carboxylic acids is 1. The number of nitrogens with one attached hydrogen (secondary N) is 1. The van der Waals surface area contributed by atoms with Crippen LogP contribution in [0.4, 0.5) is 0 Å². The third-order valence-corrected chi connectivity index (χ3v) is 1.86. The SMILES string of the molecule is CC/C=C/C(=O)NC1CC=CC1. The standard InChI is InChI=1S/C10H15NO/c1-2-3-8-10(12)11-9-6-4-5-7-9/h3-5,8-9H,2,6-7H2,1H3,(H,11,12)/b8-3+. The molecule has 0 saturated heterocycles. The Balaban J connectivity index is 2.22. The molecule has 2 nitrogen and oxygen atoms in total. The van der Waals surface area contributed by atoms with Crippen molar-refractivity contribution in [1.29, 1.82) is 0 Å². The summed E-state index contributed by atoms with van der Waals surface area (Å²) in [5.41, 5.74) is 0. The smallest absolute Gasteiger partial charge is 0.243 e. The largest absolute Gasteiger partial charge is 0.349 e. The third-order valence-electron chi connectivity index (χ3n) is 1.86. The maximum absolute atomic E-state index is 11.1. The van der Waals surface area contributed by atoms with Crippen LogP contribution in [-0.4, -0.2) is 11.9 Å². The summed E-state index contributed by atoms with van der Waals surface area (Å²) in [5, 5.41) is 2.93. The molecule has 0 fully saturated rings. The van der Waals surface area contributed by atoms with E-state index in [0.717, 1.165) is 19.3 Å². The molecule has 1 amide bonds. The first-order valence-corrected chi connectivity index (χ1v) is 4.45. The van der Waals surface area contributed by atoms with Crippen LogP contribution >= 0.6 is 0 Å². The van der Waals surface area contributed by atoms with Crippen LogP contribution in [0.5, 0.6) is 0 Å². The second-order valence-electron chi connectivity index (χ2n) is 2.96. The van der Waals surface area contributed by atoms with Crippen molar-refractivity contribution in [3.05, 3.63) is 24.3 Å². The van der Waals surface area contributed by atoms with Crippen molar-refractivity contribution < 1.29 is 4.79 Å². The van der Waals surface area contributed by atoms with E-state index in [4.69, 9.17) is 0 Å². The van der Waals surface area contributed by atoms with Gasteiger partial charge in [-0.1, -0.05) is 25.2 Å². The number of amides is 1. The summed E-state index contributed by atoms with van der Waals surface area (Å²) >= 11 is 0. The molecule has 0 spiro atoms. The quantitative estimate of drug-likeness (QED) is 0.501. The van der Waals surface area contributed by atoms with Gasteiger partial charge in [-0.25, -0.2) is 0 Å². The lowest BCUT2D eigenvalue weighted by Gasteiger charge is -2.08. The predicted octanol–water partition coefficient (Wildman–Crippen LogP) is 1.79. The van der Waals surface area contributed by atoms with Gasteiger partial charge in [-0.15, -0.1) is 0 Å². The van der Waals surface area contributed by atoms with E-state index in [1.807, 2.05) is 13.0 Å². The van der Waals surface area contributed by atoms with Gasteiger partial charge in [-0.3, -0.25) is 4.79 Å². The Morgan fingerprint density at radius 1 is 1.58 bits per heavy atom. The van der Waals surface area contributed by atoms with Crippen LogP contribution in [0, 0.1) is 0 Å². The number of rotatable bonds is 3. The zero-order chi connectivity index (χ0) is 8.81. The van der Waals surface area contributed by atoms with E-state index in [2.05, 4.69) is 17.5 Å². The van der Waals surface area contributed by atoms with Crippen LogP contribution in [0.2, 0.25) is 0 Å². The molecule has 0 aromatic rings. The average molecular weight is 165 g/mol. The Labute approximate surface area is 73.4 Å². The lowest BCUT2D eigenvalue weighted by Crippen LogP contribution is -2.31. The average Bonchev–Trinajstić information content (AvgIpc) is 2.53. The molecule has 0 aliphatic heterocycles. The number of hydrogen-bond acceptors (Lipinski definition) is 1. The lowest BCUT2D eigenvalue weighted by molar-refractivity contribution is -0.117. The molecule has 0 bridgehead atoms. The minimum atomic E-state index is 0.0329. The fourth-order valence-corrected chi connectivity index (χ4v) is 1.21. The van der Waals surface area contributed by atoms with Gasteiger partial charge in [0.1, 0.15) is 0 Å². The molecule has 66 valence electrons. The van der Waals surface area contributed by atoms with Gasteiger partial charge < -0.3 is 5.32 Å². The number of hydrogen-bond donors (Lipinski definition) is 1. The molecule has 1 N–H and O–H groups in total. The lowest BCUT2D eigenvalue weighted by atomic mass is 10.2. The molecule has 0 saturated carbocycles. The summed E-state index contributed by atoms with van der Waals surface area (Å²) in [6, 6.07) is 0.332. The summed E-state index contributed by atoms with van der Waals surface area (Å²) in [4.78, 5) is 11.1. The van der Waals surface area contributed by atoms with Crippen LogP contribution in [0.15, 0.2) is 24.3 Å². The van der Waals surface area contributed by atoms with Crippen LogP contribution < -0.4 is 5.32 Å². The van der Waals surface area contributed by atoms with E-state index in [1.54, 1.807) is 6.08 Å². The van der Waals surface area contributed by atoms with Crippen LogP contribution in [0.3, 0.4) is 0 Å². The molecule has 0 heterocycles. The van der Waals surface area contributed by atoms with Gasteiger partial charge in [0.15, 0.2) is 0 Å². The molecule has 0 atom stereocenters. The summed E-state index contributed by atoms with van der Waals surface area (Å²) in [6.07, 6.45) is 10.6. The Morgan fingerprint density at radius 3 is 2.83 bits per heavy atom. The monoisotopic (exact) mass is 165 g/mol. The summed E-state index contributed by atoms with van der Waals surface area (Å²) in [5.74, 6) is 0.0329. The molecule has 12 heavy (non-hydrogen) atoms. The summed E-state index contributed by atoms with van der Waals surface area (Å²) in [7, 11) is 0. The fourth-order valence-electron chi connectivity index (χ4n) is 1.21. The van der Waals surface area contributed by atoms with Crippen molar-refractivity contribution in [2.45, 2.75) is 32.2 Å². The van der Waals surface area contributed by atoms with E-state index >= 15 is 0 Å². The Hall–Kier alpha value is -1.05. The summed E-state index contributed by atoms with van der Waals surface area (Å²) in [6.45, 7) is 2.01. The van der Waals surface area contributed by atoms with E-state index < -0.39 is 0 Å². The van der Waals surface area contributed by atoms with Crippen LogP contribution in [-0.2, 0) is 4.79 Å². The zero-order valence-corrected chi connectivity index (χ0v) is 7.42. The first kappa shape index (κ1) is 9.04. The maximum atomic E-state index is 11.1. The molecule has 0 aromatic heterocycles. The fraction of sp³-hybridized carbons (Fsp3) is 0.500. The second kappa shape index (κ2) is 4.75. The Morgan fingerprint density at radius 2 is 2.25 bits per heavy atom. The first-order chi connectivity index (χ1) is 5.83. The van der Waals surface area contributed by atoms with Gasteiger partial charge in [0, 0.05) is 6.04 Å². The minimum Gasteiger partial charge on any atom is -0.349 e. The predicted molar refractivity (Wildman–Crippen MR) is 49.7 cm³/mol. The number of carbonyl (C=O) groups is 1. The van der Waals surface area contributed by atoms with Crippen molar-refractivity contribution in [1.82, 2.24) is 5.32 Å². The molecular weight excluding hydrogens is 150 g/mol. The van der Waals surface area contributed by atoms with Crippen LogP contribution in [0.1, 0.15) is 26.2 Å². The maximum Gasteiger partial charge on any atom is 0.243 e. The summed E-state index contributed by atoms with van der Waals surface area (Å²) < 4.78 is 0. The molecule has 0 radical (unpaired) electrons. The van der Waals surface area contributed by atoms with Crippen molar-refractivity contribution >= 4 is 5.91 Å². The zero-order valence-electron chi connectivity index (χ0n) is 7.42. The van der Waals surface area contributed by atoms with Crippen LogP contribution in [0.25, 0.3) is 0 Å².